The molecule has 4 nitrogen and oxygen atoms in total. The SMILES string of the molecule is F[B-](F)(F)F.O=C(O)C(F)C(=O)O.[H-].[Li+]. The summed E-state index contributed by atoms with van der Waals surface area (Å²) in [7, 11) is -6.00. The second-order valence-corrected chi connectivity index (χ2v) is 1.53. The third-order valence-corrected chi connectivity index (χ3v) is 0.434. The molecule has 0 aliphatic carbocycles. The Morgan fingerprint density at radius 1 is 1.07 bits per heavy atom. The molecular weight excluding hydrogens is 213 g/mol. The zero-order chi connectivity index (χ0) is 11.2. The quantitative estimate of drug-likeness (QED) is 0.316. The van der Waals surface area contributed by atoms with Gasteiger partial charge in [-0.05, 0) is 0 Å². The van der Waals surface area contributed by atoms with Crippen LogP contribution in [-0.2, 0) is 9.59 Å². The van der Waals surface area contributed by atoms with Gasteiger partial charge in [0.2, 0.25) is 0 Å². The van der Waals surface area contributed by atoms with E-state index in [-0.39, 0.29) is 20.3 Å². The summed E-state index contributed by atoms with van der Waals surface area (Å²) in [6, 6.07) is 0. The Labute approximate surface area is 87.9 Å². The average molecular weight is 217 g/mol. The molecule has 80 valence electrons. The predicted molar refractivity (Wildman–Crippen MR) is 31.5 cm³/mol. The Hall–Kier alpha value is -0.748. The van der Waals surface area contributed by atoms with E-state index in [1.165, 1.54) is 0 Å². The molecule has 2 N–H and O–H groups in total. The van der Waals surface area contributed by atoms with E-state index in [0.29, 0.717) is 0 Å². The van der Waals surface area contributed by atoms with Crippen molar-refractivity contribution in [2.75, 3.05) is 0 Å². The van der Waals surface area contributed by atoms with Crippen LogP contribution in [0.3, 0.4) is 0 Å². The van der Waals surface area contributed by atoms with Crippen molar-refractivity contribution in [2.45, 2.75) is 6.17 Å². The number of halogens is 5. The van der Waals surface area contributed by atoms with Gasteiger partial charge < -0.3 is 28.9 Å². The Morgan fingerprint density at radius 3 is 1.21 bits per heavy atom. The van der Waals surface area contributed by atoms with Crippen LogP contribution in [0.5, 0.6) is 0 Å². The summed E-state index contributed by atoms with van der Waals surface area (Å²) < 4.78 is 50.4. The maximum atomic E-state index is 11.4. The standard InChI is InChI=1S/C3H3FO4.BF4.Li.H/c4-1(2(5)6)3(7)8;2-1(3,4)5;;/h1H,(H,5,6)(H,7,8);;;/q;-1;+1;-1. The molecular formula is C3H4BF5LiO4-. The van der Waals surface area contributed by atoms with E-state index in [4.69, 9.17) is 10.2 Å². The van der Waals surface area contributed by atoms with Crippen LogP contribution in [0.25, 0.3) is 0 Å². The predicted octanol–water partition coefficient (Wildman–Crippen LogP) is -2.09. The summed E-state index contributed by atoms with van der Waals surface area (Å²) >= 11 is 0. The summed E-state index contributed by atoms with van der Waals surface area (Å²) in [4.78, 5) is 18.8. The van der Waals surface area contributed by atoms with Crippen LogP contribution < -0.4 is 18.9 Å². The van der Waals surface area contributed by atoms with Gasteiger partial charge in [-0.1, -0.05) is 0 Å². The van der Waals surface area contributed by atoms with Crippen molar-refractivity contribution >= 4 is 19.2 Å². The second-order valence-electron chi connectivity index (χ2n) is 1.53. The number of hydrogen-bond acceptors (Lipinski definition) is 2. The van der Waals surface area contributed by atoms with Crippen LogP contribution >= 0.6 is 0 Å². The van der Waals surface area contributed by atoms with E-state index in [2.05, 4.69) is 0 Å². The van der Waals surface area contributed by atoms with Gasteiger partial charge in [0.15, 0.2) is 0 Å². The Bertz CT molecular complexity index is 181. The average Bonchev–Trinajstić information content (AvgIpc) is 1.81. The normalized spacial score (nSPS) is 9.57. The van der Waals surface area contributed by atoms with E-state index in [1.807, 2.05) is 0 Å². The molecule has 0 rings (SSSR count). The molecule has 0 atom stereocenters. The van der Waals surface area contributed by atoms with Crippen LogP contribution in [0.15, 0.2) is 0 Å². The molecule has 0 aliphatic rings. The summed E-state index contributed by atoms with van der Waals surface area (Å²) in [5.41, 5.74) is 0. The molecule has 0 aromatic rings. The van der Waals surface area contributed by atoms with Crippen molar-refractivity contribution in [1.29, 1.82) is 0 Å². The molecule has 0 aromatic heterocycles. The number of aliphatic carboxylic acids is 2. The van der Waals surface area contributed by atoms with Crippen LogP contribution in [-0.4, -0.2) is 35.6 Å². The van der Waals surface area contributed by atoms with Crippen molar-refractivity contribution in [3.63, 3.8) is 0 Å². The minimum atomic E-state index is -6.00. The number of carbonyl (C=O) groups is 2. The Balaban J connectivity index is -0.0000000770. The minimum Gasteiger partial charge on any atom is -1.00 e. The fourth-order valence-electron chi connectivity index (χ4n) is 0.106. The summed E-state index contributed by atoms with van der Waals surface area (Å²) in [6.45, 7) is 0. The first kappa shape index (κ1) is 18.9. The molecule has 0 saturated carbocycles. The van der Waals surface area contributed by atoms with Crippen molar-refractivity contribution in [3.8, 4) is 0 Å². The smallest absolute Gasteiger partial charge is 1.00 e. The monoisotopic (exact) mass is 217 g/mol. The topological polar surface area (TPSA) is 74.6 Å². The van der Waals surface area contributed by atoms with E-state index in [1.54, 1.807) is 0 Å². The Morgan fingerprint density at radius 2 is 1.21 bits per heavy atom. The van der Waals surface area contributed by atoms with E-state index >= 15 is 0 Å². The van der Waals surface area contributed by atoms with Crippen LogP contribution in [0.2, 0.25) is 0 Å². The number of carboxylic acid groups (broad SMARTS) is 2. The summed E-state index contributed by atoms with van der Waals surface area (Å²) in [5, 5.41) is 15.2. The third-order valence-electron chi connectivity index (χ3n) is 0.434. The molecule has 0 saturated heterocycles. The van der Waals surface area contributed by atoms with E-state index in [0.717, 1.165) is 0 Å². The number of alkyl halides is 1. The van der Waals surface area contributed by atoms with Crippen LogP contribution in [0.4, 0.5) is 21.7 Å². The third kappa shape index (κ3) is 22.5. The van der Waals surface area contributed by atoms with Gasteiger partial charge in [-0.2, -0.15) is 0 Å². The van der Waals surface area contributed by atoms with Crippen molar-refractivity contribution in [1.82, 2.24) is 0 Å². The van der Waals surface area contributed by atoms with Gasteiger partial charge in [-0.25, -0.2) is 14.0 Å². The van der Waals surface area contributed by atoms with Crippen molar-refractivity contribution in [2.24, 2.45) is 0 Å². The minimum absolute atomic E-state index is 0. The molecule has 0 spiro atoms. The molecule has 0 bridgehead atoms. The van der Waals surface area contributed by atoms with Gasteiger partial charge in [0.1, 0.15) is 0 Å². The molecule has 0 radical (unpaired) electrons. The molecule has 0 aromatic carbocycles. The van der Waals surface area contributed by atoms with Crippen LogP contribution in [0.1, 0.15) is 1.43 Å². The Kier molecular flexibility index (Phi) is 10.3. The largest absolute Gasteiger partial charge is 1.00 e. The fraction of sp³-hybridized carbons (Fsp3) is 0.333. The van der Waals surface area contributed by atoms with Gasteiger partial charge >= 0.3 is 38.1 Å². The number of hydrogen-bond donors (Lipinski definition) is 2. The molecule has 14 heavy (non-hydrogen) atoms. The van der Waals surface area contributed by atoms with Gasteiger partial charge in [-0.15, -0.1) is 0 Å². The maximum absolute atomic E-state index is 11.4. The first-order chi connectivity index (χ1) is 5.55. The van der Waals surface area contributed by atoms with Gasteiger partial charge in [0.25, 0.3) is 6.17 Å². The molecule has 0 unspecified atom stereocenters. The summed E-state index contributed by atoms with van der Waals surface area (Å²) in [5.74, 6) is -3.95. The molecule has 0 fully saturated rings. The molecule has 11 heteroatoms. The molecule has 0 heterocycles. The zero-order valence-corrected chi connectivity index (χ0v) is 6.76. The van der Waals surface area contributed by atoms with E-state index in [9.17, 15) is 31.2 Å². The number of carboxylic acids is 2. The van der Waals surface area contributed by atoms with Gasteiger partial charge in [-0.3, -0.25) is 0 Å². The van der Waals surface area contributed by atoms with Gasteiger partial charge in [0, 0.05) is 0 Å². The van der Waals surface area contributed by atoms with Crippen LogP contribution in [0, 0.1) is 0 Å². The maximum Gasteiger partial charge on any atom is 1.00 e. The van der Waals surface area contributed by atoms with Crippen molar-refractivity contribution in [3.05, 3.63) is 0 Å². The second kappa shape index (κ2) is 7.64. The number of rotatable bonds is 2. The molecule has 0 amide bonds. The first-order valence-electron chi connectivity index (χ1n) is 2.52. The first-order valence-corrected chi connectivity index (χ1v) is 2.52. The molecule has 0 aliphatic heterocycles. The van der Waals surface area contributed by atoms with E-state index < -0.39 is 25.4 Å². The fourth-order valence-corrected chi connectivity index (χ4v) is 0.106. The zero-order valence-electron chi connectivity index (χ0n) is 7.76. The van der Waals surface area contributed by atoms with Gasteiger partial charge in [0.05, 0.1) is 0 Å². The van der Waals surface area contributed by atoms with Crippen molar-refractivity contribution < 1.29 is 61.7 Å². The summed E-state index contributed by atoms with van der Waals surface area (Å²) in [6.07, 6.45) is -2.80.